The highest BCUT2D eigenvalue weighted by Gasteiger charge is 2.17. The standard InChI is InChI=1S/C12H14N4O2/c1-3-18-12(17)10-8-16(15-11(10)13-2)9-5-4-6-14-7-9/h4-8H,3H2,1-2H3,(H,13,15). The first-order chi connectivity index (χ1) is 8.76. The summed E-state index contributed by atoms with van der Waals surface area (Å²) in [7, 11) is 1.71. The lowest BCUT2D eigenvalue weighted by atomic mass is 10.3. The Morgan fingerprint density at radius 2 is 2.39 bits per heavy atom. The monoisotopic (exact) mass is 246 g/mol. The molecule has 0 aliphatic rings. The molecule has 0 aliphatic carbocycles. The number of hydrogen-bond donors (Lipinski definition) is 1. The zero-order valence-corrected chi connectivity index (χ0v) is 10.3. The maximum atomic E-state index is 11.7. The fourth-order valence-corrected chi connectivity index (χ4v) is 1.54. The predicted octanol–water partition coefficient (Wildman–Crippen LogP) is 1.49. The molecule has 0 unspecified atom stereocenters. The zero-order chi connectivity index (χ0) is 13.0. The molecule has 0 spiro atoms. The average Bonchev–Trinajstić information content (AvgIpc) is 2.84. The van der Waals surface area contributed by atoms with Crippen LogP contribution in [-0.4, -0.2) is 34.4 Å². The lowest BCUT2D eigenvalue weighted by Gasteiger charge is -2.00. The molecule has 2 aromatic heterocycles. The third-order valence-electron chi connectivity index (χ3n) is 2.36. The van der Waals surface area contributed by atoms with E-state index in [-0.39, 0.29) is 0 Å². The molecule has 2 aromatic rings. The van der Waals surface area contributed by atoms with E-state index in [1.165, 1.54) is 0 Å². The number of carbonyl (C=O) groups excluding carboxylic acids is 1. The minimum absolute atomic E-state index is 0.333. The van der Waals surface area contributed by atoms with Crippen molar-refractivity contribution >= 4 is 11.8 Å². The number of pyridine rings is 1. The van der Waals surface area contributed by atoms with E-state index in [0.29, 0.717) is 18.0 Å². The summed E-state index contributed by atoms with van der Waals surface area (Å²) < 4.78 is 6.56. The Bertz CT molecular complexity index is 536. The van der Waals surface area contributed by atoms with Gasteiger partial charge >= 0.3 is 5.97 Å². The number of hydrogen-bond acceptors (Lipinski definition) is 5. The molecule has 2 heterocycles. The highest BCUT2D eigenvalue weighted by atomic mass is 16.5. The Balaban J connectivity index is 2.38. The SMILES string of the molecule is CCOC(=O)c1cn(-c2cccnc2)nc1NC. The van der Waals surface area contributed by atoms with Gasteiger partial charge in [-0.25, -0.2) is 9.48 Å². The number of nitrogens with zero attached hydrogens (tertiary/aromatic N) is 3. The van der Waals surface area contributed by atoms with Crippen LogP contribution >= 0.6 is 0 Å². The topological polar surface area (TPSA) is 69.0 Å². The fraction of sp³-hybridized carbons (Fsp3) is 0.250. The molecule has 94 valence electrons. The summed E-state index contributed by atoms with van der Waals surface area (Å²) in [6.07, 6.45) is 4.97. The Labute approximate surface area is 105 Å². The van der Waals surface area contributed by atoms with Crippen molar-refractivity contribution < 1.29 is 9.53 Å². The minimum atomic E-state index is -0.392. The second kappa shape index (κ2) is 5.31. The van der Waals surface area contributed by atoms with Crippen LogP contribution in [-0.2, 0) is 4.74 Å². The second-order valence-electron chi connectivity index (χ2n) is 3.52. The Kier molecular flexibility index (Phi) is 3.57. The second-order valence-corrected chi connectivity index (χ2v) is 3.52. The van der Waals surface area contributed by atoms with Gasteiger partial charge < -0.3 is 10.1 Å². The van der Waals surface area contributed by atoms with Gasteiger partial charge in [0.2, 0.25) is 0 Å². The average molecular weight is 246 g/mol. The number of rotatable bonds is 4. The molecule has 0 atom stereocenters. The number of ether oxygens (including phenoxy) is 1. The summed E-state index contributed by atoms with van der Waals surface area (Å²) in [6.45, 7) is 2.10. The van der Waals surface area contributed by atoms with Crippen molar-refractivity contribution in [1.82, 2.24) is 14.8 Å². The van der Waals surface area contributed by atoms with Gasteiger partial charge in [-0.3, -0.25) is 4.98 Å². The minimum Gasteiger partial charge on any atom is -0.462 e. The van der Waals surface area contributed by atoms with E-state index >= 15 is 0 Å². The van der Waals surface area contributed by atoms with Gasteiger partial charge in [0.1, 0.15) is 5.56 Å². The van der Waals surface area contributed by atoms with Gasteiger partial charge in [-0.15, -0.1) is 5.10 Å². The molecule has 0 aliphatic heterocycles. The quantitative estimate of drug-likeness (QED) is 0.828. The molecule has 6 nitrogen and oxygen atoms in total. The predicted molar refractivity (Wildman–Crippen MR) is 66.9 cm³/mol. The lowest BCUT2D eigenvalue weighted by molar-refractivity contribution is 0.0527. The molecule has 0 fully saturated rings. The summed E-state index contributed by atoms with van der Waals surface area (Å²) in [5, 5.41) is 7.14. The normalized spacial score (nSPS) is 10.1. The highest BCUT2D eigenvalue weighted by molar-refractivity contribution is 5.94. The zero-order valence-electron chi connectivity index (χ0n) is 10.3. The first-order valence-corrected chi connectivity index (χ1v) is 5.61. The van der Waals surface area contributed by atoms with Crippen LogP contribution in [0.4, 0.5) is 5.82 Å². The molecule has 0 bridgehead atoms. The molecule has 1 N–H and O–H groups in total. The van der Waals surface area contributed by atoms with E-state index in [1.54, 1.807) is 43.3 Å². The molecule has 18 heavy (non-hydrogen) atoms. The van der Waals surface area contributed by atoms with Crippen molar-refractivity contribution in [1.29, 1.82) is 0 Å². The van der Waals surface area contributed by atoms with Crippen LogP contribution in [0.3, 0.4) is 0 Å². The largest absolute Gasteiger partial charge is 0.462 e. The molecule has 0 aromatic carbocycles. The number of aromatic nitrogens is 3. The lowest BCUT2D eigenvalue weighted by Crippen LogP contribution is -2.06. The maximum Gasteiger partial charge on any atom is 0.343 e. The number of nitrogens with one attached hydrogen (secondary N) is 1. The van der Waals surface area contributed by atoms with Gasteiger partial charge in [0.05, 0.1) is 18.5 Å². The van der Waals surface area contributed by atoms with Crippen LogP contribution in [0.5, 0.6) is 0 Å². The van der Waals surface area contributed by atoms with Gasteiger partial charge in [0.15, 0.2) is 5.82 Å². The molecular formula is C12H14N4O2. The Hall–Kier alpha value is -2.37. The van der Waals surface area contributed by atoms with Crippen LogP contribution < -0.4 is 5.32 Å². The van der Waals surface area contributed by atoms with E-state index in [2.05, 4.69) is 15.4 Å². The fourth-order valence-electron chi connectivity index (χ4n) is 1.54. The van der Waals surface area contributed by atoms with E-state index in [0.717, 1.165) is 5.69 Å². The van der Waals surface area contributed by atoms with E-state index in [4.69, 9.17) is 4.74 Å². The van der Waals surface area contributed by atoms with E-state index in [1.807, 2.05) is 6.07 Å². The van der Waals surface area contributed by atoms with Gasteiger partial charge in [0, 0.05) is 19.4 Å². The van der Waals surface area contributed by atoms with Crippen molar-refractivity contribution in [3.05, 3.63) is 36.3 Å². The summed E-state index contributed by atoms with van der Waals surface area (Å²) in [5.41, 5.74) is 1.19. The molecule has 0 saturated heterocycles. The van der Waals surface area contributed by atoms with Crippen LogP contribution in [0, 0.1) is 0 Å². The molecular weight excluding hydrogens is 232 g/mol. The Morgan fingerprint density at radius 3 is 3.00 bits per heavy atom. The van der Waals surface area contributed by atoms with Crippen molar-refractivity contribution in [3.63, 3.8) is 0 Å². The number of esters is 1. The molecule has 0 saturated carbocycles. The van der Waals surface area contributed by atoms with E-state index in [9.17, 15) is 4.79 Å². The van der Waals surface area contributed by atoms with Gasteiger partial charge in [0.25, 0.3) is 0 Å². The Morgan fingerprint density at radius 1 is 1.56 bits per heavy atom. The van der Waals surface area contributed by atoms with Crippen LogP contribution in [0.25, 0.3) is 5.69 Å². The van der Waals surface area contributed by atoms with Crippen LogP contribution in [0.15, 0.2) is 30.7 Å². The first kappa shape index (κ1) is 12.1. The molecule has 0 amide bonds. The summed E-state index contributed by atoms with van der Waals surface area (Å²) in [6, 6.07) is 3.66. The molecule has 2 rings (SSSR count). The maximum absolute atomic E-state index is 11.7. The summed E-state index contributed by atoms with van der Waals surface area (Å²) in [4.78, 5) is 15.7. The molecule has 0 radical (unpaired) electrons. The van der Waals surface area contributed by atoms with Gasteiger partial charge in [-0.05, 0) is 19.1 Å². The number of anilines is 1. The van der Waals surface area contributed by atoms with Crippen LogP contribution in [0.2, 0.25) is 0 Å². The van der Waals surface area contributed by atoms with Crippen molar-refractivity contribution in [2.75, 3.05) is 19.0 Å². The van der Waals surface area contributed by atoms with Crippen molar-refractivity contribution in [2.45, 2.75) is 6.92 Å². The van der Waals surface area contributed by atoms with Gasteiger partial charge in [-0.1, -0.05) is 0 Å². The summed E-state index contributed by atoms with van der Waals surface area (Å²) in [5.74, 6) is 0.0919. The highest BCUT2D eigenvalue weighted by Crippen LogP contribution is 2.16. The van der Waals surface area contributed by atoms with Gasteiger partial charge in [-0.2, -0.15) is 0 Å². The van der Waals surface area contributed by atoms with E-state index < -0.39 is 5.97 Å². The third kappa shape index (κ3) is 2.32. The smallest absolute Gasteiger partial charge is 0.343 e. The summed E-state index contributed by atoms with van der Waals surface area (Å²) >= 11 is 0. The first-order valence-electron chi connectivity index (χ1n) is 5.61. The number of carbonyl (C=O) groups is 1. The van der Waals surface area contributed by atoms with Crippen LogP contribution in [0.1, 0.15) is 17.3 Å². The van der Waals surface area contributed by atoms with Crippen molar-refractivity contribution in [3.8, 4) is 5.69 Å². The van der Waals surface area contributed by atoms with Crippen molar-refractivity contribution in [2.24, 2.45) is 0 Å². The molecule has 6 heteroatoms. The third-order valence-corrected chi connectivity index (χ3v) is 2.36.